The summed E-state index contributed by atoms with van der Waals surface area (Å²) in [7, 11) is 0. The summed E-state index contributed by atoms with van der Waals surface area (Å²) in [4.78, 5) is 47.2. The minimum atomic E-state index is -0.864. The quantitative estimate of drug-likeness (QED) is 0.0587. The van der Waals surface area contributed by atoms with Crippen molar-refractivity contribution in [3.63, 3.8) is 0 Å². The topological polar surface area (TPSA) is 171 Å². The molecule has 7 rings (SSSR count). The maximum absolute atomic E-state index is 14.0. The molecule has 0 saturated carbocycles. The molecule has 1 aliphatic heterocycles. The zero-order valence-corrected chi connectivity index (χ0v) is 39.9. The molecule has 14 nitrogen and oxygen atoms in total. The predicted molar refractivity (Wildman–Crippen MR) is 258 cm³/mol. The molecule has 0 bridgehead atoms. The second-order valence-corrected chi connectivity index (χ2v) is 18.8. The van der Waals surface area contributed by atoms with Crippen molar-refractivity contribution in [1.82, 2.24) is 20.5 Å². The van der Waals surface area contributed by atoms with E-state index in [9.17, 15) is 19.5 Å². The maximum Gasteiger partial charge on any atom is 0.246 e. The van der Waals surface area contributed by atoms with E-state index in [1.807, 2.05) is 113 Å². The molecule has 0 radical (unpaired) electrons. The third kappa shape index (κ3) is 12.9. The molecule has 3 heterocycles. The van der Waals surface area contributed by atoms with Crippen LogP contribution in [0.5, 0.6) is 23.0 Å². The molecule has 0 unspecified atom stereocenters. The van der Waals surface area contributed by atoms with E-state index >= 15 is 0 Å². The molecule has 3 amide bonds. The van der Waals surface area contributed by atoms with Crippen LogP contribution in [0.15, 0.2) is 102 Å². The molecule has 6 aromatic rings. The Morgan fingerprint density at radius 2 is 1.52 bits per heavy atom. The van der Waals surface area contributed by atoms with Crippen LogP contribution in [0.3, 0.4) is 0 Å². The van der Waals surface area contributed by atoms with E-state index < -0.39 is 23.4 Å². The van der Waals surface area contributed by atoms with Crippen LogP contribution in [-0.4, -0.2) is 97.6 Å². The number of phenolic OH excluding ortho intramolecular Hbond substituents is 1. The van der Waals surface area contributed by atoms with Crippen LogP contribution in [-0.2, 0) is 28.6 Å². The summed E-state index contributed by atoms with van der Waals surface area (Å²) in [5.41, 5.74) is 2.94. The first-order valence-electron chi connectivity index (χ1n) is 22.3. The minimum Gasteiger partial charge on any atom is -0.508 e. The van der Waals surface area contributed by atoms with Crippen LogP contribution < -0.4 is 20.1 Å². The number of aryl methyl sites for hydroxylation is 1. The third-order valence-corrected chi connectivity index (χ3v) is 12.7. The van der Waals surface area contributed by atoms with Crippen LogP contribution in [0.1, 0.15) is 57.8 Å². The van der Waals surface area contributed by atoms with Gasteiger partial charge in [-0.2, -0.15) is 0 Å². The zero-order valence-electron chi connectivity index (χ0n) is 38.3. The van der Waals surface area contributed by atoms with Gasteiger partial charge < -0.3 is 48.7 Å². The van der Waals surface area contributed by atoms with Gasteiger partial charge in [-0.1, -0.05) is 68.8 Å². The van der Waals surface area contributed by atoms with Gasteiger partial charge in [0.1, 0.15) is 42.5 Å². The molecule has 354 valence electrons. The smallest absolute Gasteiger partial charge is 0.246 e. The number of oxazole rings is 1. The number of fused-ring (bicyclic) bond motifs is 1. The number of phenols is 1. The molecular formula is C51H57ClN4O10S. The highest BCUT2D eigenvalue weighted by Gasteiger charge is 2.42. The van der Waals surface area contributed by atoms with Crippen LogP contribution in [0.25, 0.3) is 31.9 Å². The van der Waals surface area contributed by atoms with Gasteiger partial charge in [-0.05, 0) is 97.8 Å². The van der Waals surface area contributed by atoms with Crippen LogP contribution >= 0.6 is 22.9 Å². The van der Waals surface area contributed by atoms with E-state index in [0.29, 0.717) is 73.8 Å². The first-order chi connectivity index (χ1) is 32.2. The summed E-state index contributed by atoms with van der Waals surface area (Å²) >= 11 is 7.67. The number of amides is 3. The zero-order chi connectivity index (χ0) is 47.5. The molecule has 1 aliphatic rings. The standard InChI is InChI=1S/C51H57ClN4O10S/c1-32(34-8-10-35(11-9-34)45-33(2)53-31-65-45)54-49(59)42-7-6-22-56(42)50(60)48(51(3,4)5)55-44(58)30-63-26-25-61-23-24-62-27-28-64-39-17-19-40(20-18-39)66-46-41-21-16-38(57)29-43(41)67-47(46)36-12-14-37(52)15-13-36/h8-21,29,31-32,42,48,57H,6-7,22-28,30H2,1-5H3,(H,54,59)(H,55,58)/t32-,42-,48+/m0/s1. The summed E-state index contributed by atoms with van der Waals surface area (Å²) in [6.45, 7) is 11.4. The lowest BCUT2D eigenvalue weighted by Gasteiger charge is -2.35. The van der Waals surface area contributed by atoms with Gasteiger partial charge in [-0.15, -0.1) is 11.3 Å². The largest absolute Gasteiger partial charge is 0.508 e. The lowest BCUT2D eigenvalue weighted by molar-refractivity contribution is -0.144. The van der Waals surface area contributed by atoms with Gasteiger partial charge in [0.25, 0.3) is 0 Å². The molecule has 2 aromatic heterocycles. The summed E-state index contributed by atoms with van der Waals surface area (Å²) in [6, 6.07) is 26.1. The second kappa shape index (κ2) is 22.7. The van der Waals surface area contributed by atoms with E-state index in [-0.39, 0.29) is 43.4 Å². The van der Waals surface area contributed by atoms with Crippen molar-refractivity contribution < 1.29 is 47.6 Å². The Hall–Kier alpha value is -5.97. The number of likely N-dealkylation sites (tertiary alicyclic amines) is 1. The fourth-order valence-corrected chi connectivity index (χ4v) is 9.01. The number of carbonyl (C=O) groups excluding carboxylic acids is 3. The number of hydrogen-bond donors (Lipinski definition) is 3. The Bertz CT molecular complexity index is 2590. The van der Waals surface area contributed by atoms with Crippen LogP contribution in [0.4, 0.5) is 0 Å². The van der Waals surface area contributed by atoms with Crippen LogP contribution in [0, 0.1) is 12.3 Å². The first-order valence-corrected chi connectivity index (χ1v) is 23.5. The van der Waals surface area contributed by atoms with Gasteiger partial charge in [-0.3, -0.25) is 14.4 Å². The summed E-state index contributed by atoms with van der Waals surface area (Å²) in [6.07, 6.45) is 2.63. The molecule has 0 aliphatic carbocycles. The molecule has 0 spiro atoms. The van der Waals surface area contributed by atoms with Gasteiger partial charge in [0.05, 0.1) is 49.6 Å². The number of thiophene rings is 1. The second-order valence-electron chi connectivity index (χ2n) is 17.3. The van der Waals surface area contributed by atoms with E-state index in [2.05, 4.69) is 15.6 Å². The van der Waals surface area contributed by atoms with Crippen molar-refractivity contribution in [3.05, 3.63) is 114 Å². The highest BCUT2D eigenvalue weighted by molar-refractivity contribution is 7.22. The number of carbonyl (C=O) groups is 3. The van der Waals surface area contributed by atoms with Gasteiger partial charge in [0.2, 0.25) is 17.7 Å². The molecule has 4 aromatic carbocycles. The van der Waals surface area contributed by atoms with E-state index in [1.54, 1.807) is 17.0 Å². The number of aromatic hydroxyl groups is 1. The average Bonchev–Trinajstić information content (AvgIpc) is 4.07. The maximum atomic E-state index is 14.0. The van der Waals surface area contributed by atoms with Crippen molar-refractivity contribution in [2.45, 2.75) is 65.6 Å². The average molecular weight is 954 g/mol. The normalized spacial score (nSPS) is 14.8. The Morgan fingerprint density at radius 3 is 2.19 bits per heavy atom. The molecule has 1 fully saturated rings. The number of nitrogens with one attached hydrogen (secondary N) is 2. The highest BCUT2D eigenvalue weighted by atomic mass is 35.5. The first kappa shape index (κ1) is 48.9. The van der Waals surface area contributed by atoms with Crippen molar-refractivity contribution in [1.29, 1.82) is 0 Å². The SMILES string of the molecule is Cc1ncoc1-c1ccc([C@H](C)NC(=O)[C@@H]2CCCN2C(=O)[C@@H](NC(=O)COCCOCCOCCOc2ccc(Oc3c(-c4ccc(Cl)cc4)sc4cc(O)ccc34)cc2)C(C)(C)C)cc1. The number of rotatable bonds is 21. The molecule has 16 heteroatoms. The Balaban J connectivity index is 0.770. The molecule has 3 N–H and O–H groups in total. The molecule has 3 atom stereocenters. The minimum absolute atomic E-state index is 0.175. The lowest BCUT2D eigenvalue weighted by atomic mass is 9.85. The van der Waals surface area contributed by atoms with Gasteiger partial charge in [0, 0.05) is 27.2 Å². The van der Waals surface area contributed by atoms with Crippen molar-refractivity contribution in [3.8, 4) is 44.8 Å². The van der Waals surface area contributed by atoms with E-state index in [4.69, 9.17) is 39.7 Å². The molecule has 67 heavy (non-hydrogen) atoms. The lowest BCUT2D eigenvalue weighted by Crippen LogP contribution is -2.58. The highest BCUT2D eigenvalue weighted by Crippen LogP contribution is 2.47. The van der Waals surface area contributed by atoms with Crippen molar-refractivity contribution >= 4 is 50.7 Å². The van der Waals surface area contributed by atoms with Crippen molar-refractivity contribution in [2.24, 2.45) is 5.41 Å². The van der Waals surface area contributed by atoms with E-state index in [0.717, 1.165) is 37.3 Å². The van der Waals surface area contributed by atoms with Crippen LogP contribution in [0.2, 0.25) is 5.02 Å². The molecule has 1 saturated heterocycles. The van der Waals surface area contributed by atoms with Gasteiger partial charge in [0.15, 0.2) is 17.9 Å². The Kier molecular flexibility index (Phi) is 16.6. The number of hydrogen-bond acceptors (Lipinski definition) is 12. The number of halogens is 1. The fourth-order valence-electron chi connectivity index (χ4n) is 7.71. The van der Waals surface area contributed by atoms with E-state index in [1.165, 1.54) is 17.7 Å². The monoisotopic (exact) mass is 952 g/mol. The number of nitrogens with zero attached hydrogens (tertiary/aromatic N) is 2. The Morgan fingerprint density at radius 1 is 0.866 bits per heavy atom. The van der Waals surface area contributed by atoms with Crippen molar-refractivity contribution in [2.75, 3.05) is 52.8 Å². The Labute approximate surface area is 399 Å². The van der Waals surface area contributed by atoms with Gasteiger partial charge >= 0.3 is 0 Å². The third-order valence-electron chi connectivity index (χ3n) is 11.3. The van der Waals surface area contributed by atoms with Gasteiger partial charge in [-0.25, -0.2) is 4.98 Å². The number of benzene rings is 4. The summed E-state index contributed by atoms with van der Waals surface area (Å²) in [5, 5.41) is 17.5. The molecular weight excluding hydrogens is 896 g/mol. The fraction of sp³-hybridized carbons (Fsp3) is 0.373. The summed E-state index contributed by atoms with van der Waals surface area (Å²) < 4.78 is 35.5. The predicted octanol–water partition coefficient (Wildman–Crippen LogP) is 9.51. The summed E-state index contributed by atoms with van der Waals surface area (Å²) in [5.74, 6) is 1.92. The number of ether oxygens (including phenoxy) is 5. The number of aromatic nitrogens is 1.